The molecule has 3 aliphatic rings. The minimum Gasteiger partial charge on any atom is -0.368 e. The van der Waals surface area contributed by atoms with Crippen LogP contribution < -0.4 is 43.4 Å². The van der Waals surface area contributed by atoms with E-state index in [-0.39, 0.29) is 48.9 Å². The average Bonchev–Trinajstić information content (AvgIpc) is 3.86. The summed E-state index contributed by atoms with van der Waals surface area (Å²) in [6.07, 6.45) is 1.53. The highest BCUT2D eigenvalue weighted by molar-refractivity contribution is 8.77. The van der Waals surface area contributed by atoms with Gasteiger partial charge in [0, 0.05) is 49.9 Å². The maximum Gasteiger partial charge on any atom is 0.246 e. The Kier molecular flexibility index (Phi) is 20.1. The first-order valence-corrected chi connectivity index (χ1v) is 24.6. The van der Waals surface area contributed by atoms with Crippen molar-refractivity contribution in [2.75, 3.05) is 36.1 Å². The van der Waals surface area contributed by atoms with Gasteiger partial charge in [-0.15, -0.1) is 0 Å². The van der Waals surface area contributed by atoms with E-state index in [0.717, 1.165) is 43.2 Å². The van der Waals surface area contributed by atoms with Crippen molar-refractivity contribution < 1.29 is 47.9 Å². The van der Waals surface area contributed by atoms with Crippen LogP contribution in [-0.2, 0) is 47.9 Å². The predicted octanol–water partition coefficient (Wildman–Crippen LogP) is -2.02. The third kappa shape index (κ3) is 14.6. The lowest BCUT2D eigenvalue weighted by Gasteiger charge is -2.31. The van der Waals surface area contributed by atoms with E-state index in [1.807, 2.05) is 0 Å². The molecule has 0 aromatic rings. The fraction of sp³-hybridized carbons (Fsp3) is 0.722. The zero-order valence-corrected chi connectivity index (χ0v) is 37.9. The highest BCUT2D eigenvalue weighted by Crippen LogP contribution is 2.28. The third-order valence-corrected chi connectivity index (χ3v) is 14.8. The van der Waals surface area contributed by atoms with Crippen LogP contribution in [0.25, 0.3) is 0 Å². The van der Waals surface area contributed by atoms with Crippen LogP contribution in [-0.4, -0.2) is 153 Å². The number of nitrogens with two attached hydrogens (primary N) is 2. The van der Waals surface area contributed by atoms with Gasteiger partial charge >= 0.3 is 0 Å². The molecule has 3 heterocycles. The van der Waals surface area contributed by atoms with E-state index in [1.165, 1.54) is 23.6 Å². The number of amides is 10. The molecule has 0 radical (unpaired) electrons. The molecule has 24 heteroatoms. The molecule has 0 aliphatic carbocycles. The van der Waals surface area contributed by atoms with Gasteiger partial charge < -0.3 is 53.2 Å². The smallest absolute Gasteiger partial charge is 0.246 e. The van der Waals surface area contributed by atoms with Crippen molar-refractivity contribution in [1.82, 2.24) is 41.7 Å². The average molecular weight is 919 g/mol. The van der Waals surface area contributed by atoms with Crippen molar-refractivity contribution in [2.45, 2.75) is 116 Å². The van der Waals surface area contributed by atoms with Crippen LogP contribution in [0.1, 0.15) is 67.2 Å². The summed E-state index contributed by atoms with van der Waals surface area (Å²) in [6, 6.07) is -8.71. The number of carbonyl (C=O) groups is 10. The zero-order chi connectivity index (χ0) is 44.8. The minimum atomic E-state index is -1.20. The van der Waals surface area contributed by atoms with E-state index >= 15 is 0 Å². The molecule has 336 valence electrons. The van der Waals surface area contributed by atoms with E-state index in [1.54, 1.807) is 27.7 Å². The number of carbonyl (C=O) groups excluding carboxylic acids is 10. The number of rotatable bonds is 6. The summed E-state index contributed by atoms with van der Waals surface area (Å²) in [4.78, 5) is 134. The first-order chi connectivity index (χ1) is 28.2. The SMILES string of the molecule is CC(=O)N[C@H]1CSSC[C@H](NC(C)=O)C(=O)N2CCC[C@H]2C(=O)N[C@H](C(C)C)C(=O)N[C@H](C(N)=O)CSSC[C@@H](C(N)=O)NC(=O)[C@@H](C(C)C)NC(=O)[C@@H]2CCCN2C1=O. The first kappa shape index (κ1) is 50.5. The number of primary amides is 2. The van der Waals surface area contributed by atoms with Gasteiger partial charge in [0.15, 0.2) is 0 Å². The molecule has 0 unspecified atom stereocenters. The second kappa shape index (κ2) is 23.9. The Labute approximate surface area is 365 Å². The number of fused-ring (bicyclic) bond motifs is 2. The van der Waals surface area contributed by atoms with E-state index in [2.05, 4.69) is 31.9 Å². The predicted molar refractivity (Wildman–Crippen MR) is 230 cm³/mol. The van der Waals surface area contributed by atoms with Crippen molar-refractivity contribution in [3.63, 3.8) is 0 Å². The molecule has 8 atom stereocenters. The summed E-state index contributed by atoms with van der Waals surface area (Å²) >= 11 is 0. The third-order valence-electron chi connectivity index (χ3n) is 9.95. The van der Waals surface area contributed by atoms with Crippen molar-refractivity contribution in [3.8, 4) is 0 Å². The Morgan fingerprint density at radius 3 is 1.20 bits per heavy atom. The number of nitrogens with zero attached hydrogens (tertiary/aromatic N) is 2. The highest BCUT2D eigenvalue weighted by atomic mass is 33.1. The quantitative estimate of drug-likeness (QED) is 0.134. The second-order valence-corrected chi connectivity index (χ2v) is 20.5. The molecule has 0 spiro atoms. The molecular formula is C36H58N10O10S4. The van der Waals surface area contributed by atoms with Crippen LogP contribution in [0.2, 0.25) is 0 Å². The van der Waals surface area contributed by atoms with Crippen molar-refractivity contribution in [1.29, 1.82) is 0 Å². The molecule has 10 amide bonds. The van der Waals surface area contributed by atoms with Gasteiger partial charge in [0.1, 0.15) is 48.3 Å². The van der Waals surface area contributed by atoms with Crippen LogP contribution in [0.4, 0.5) is 0 Å². The summed E-state index contributed by atoms with van der Waals surface area (Å²) in [5, 5.41) is 15.9. The second-order valence-electron chi connectivity index (χ2n) is 15.4. The van der Waals surface area contributed by atoms with Gasteiger partial charge in [0.05, 0.1) is 0 Å². The van der Waals surface area contributed by atoms with Gasteiger partial charge in [-0.2, -0.15) is 0 Å². The van der Waals surface area contributed by atoms with Gasteiger partial charge in [0.2, 0.25) is 59.1 Å². The lowest BCUT2D eigenvalue weighted by atomic mass is 10.0. The largest absolute Gasteiger partial charge is 0.368 e. The molecule has 3 rings (SSSR count). The molecule has 0 bridgehead atoms. The van der Waals surface area contributed by atoms with Gasteiger partial charge in [-0.3, -0.25) is 47.9 Å². The van der Waals surface area contributed by atoms with Crippen LogP contribution >= 0.6 is 43.2 Å². The van der Waals surface area contributed by atoms with E-state index in [0.29, 0.717) is 12.8 Å². The van der Waals surface area contributed by atoms with Gasteiger partial charge in [-0.25, -0.2) is 0 Å². The maximum atomic E-state index is 13.9. The lowest BCUT2D eigenvalue weighted by molar-refractivity contribution is -0.141. The fourth-order valence-electron chi connectivity index (χ4n) is 6.79. The number of nitrogens with one attached hydrogen (secondary N) is 6. The Balaban J connectivity index is 1.95. The van der Waals surface area contributed by atoms with E-state index in [9.17, 15) is 47.9 Å². The highest BCUT2D eigenvalue weighted by Gasteiger charge is 2.41. The molecule has 0 saturated carbocycles. The molecule has 3 aliphatic heterocycles. The molecule has 20 nitrogen and oxygen atoms in total. The maximum absolute atomic E-state index is 13.9. The Hall–Kier alpha value is -3.90. The minimum absolute atomic E-state index is 0.0285. The molecule has 3 saturated heterocycles. The van der Waals surface area contributed by atoms with Crippen LogP contribution in [0.3, 0.4) is 0 Å². The Bertz CT molecular complexity index is 1520. The summed E-state index contributed by atoms with van der Waals surface area (Å²) < 4.78 is 0. The monoisotopic (exact) mass is 918 g/mol. The van der Waals surface area contributed by atoms with Crippen LogP contribution in [0, 0.1) is 11.8 Å². The lowest BCUT2D eigenvalue weighted by Crippen LogP contribution is -2.59. The fourth-order valence-corrected chi connectivity index (χ4v) is 11.5. The normalized spacial score (nSPS) is 28.9. The Morgan fingerprint density at radius 1 is 0.567 bits per heavy atom. The molecule has 10 N–H and O–H groups in total. The number of hydrogen-bond acceptors (Lipinski definition) is 14. The standard InChI is InChI=1S/C36H58N10O10S4/c1-17(2)27-33(53)41-21(29(37)49)13-57-58-14-22(30(38)50)42-34(54)28(18(3)4)44-32(52)26-10-8-12-46(26)36(56)24(40-20(6)48)16-60-59-15-23(39-19(5)47)35(55)45-11-7-9-25(45)31(51)43-27/h17-18,21-28H,7-16H2,1-6H3,(H2,37,49)(H2,38,50)(H,39,47)(H,40,48)(H,41,53)(H,42,54)(H,43,51)(H,44,52)/t21-,22-,23-,24-,25-,26-,27+,28+/m0/s1. The molecule has 0 aromatic heterocycles. The van der Waals surface area contributed by atoms with Crippen molar-refractivity contribution >= 4 is 102 Å². The van der Waals surface area contributed by atoms with Crippen LogP contribution in [0.5, 0.6) is 0 Å². The molecule has 3 fully saturated rings. The van der Waals surface area contributed by atoms with E-state index in [4.69, 9.17) is 11.5 Å². The van der Waals surface area contributed by atoms with Gasteiger partial charge in [0.25, 0.3) is 0 Å². The summed E-state index contributed by atoms with van der Waals surface area (Å²) in [5.41, 5.74) is 11.2. The summed E-state index contributed by atoms with van der Waals surface area (Å²) in [5.74, 6) is -7.30. The zero-order valence-electron chi connectivity index (χ0n) is 34.6. The Morgan fingerprint density at radius 2 is 0.900 bits per heavy atom. The first-order valence-electron chi connectivity index (χ1n) is 19.7. The van der Waals surface area contributed by atoms with Gasteiger partial charge in [-0.1, -0.05) is 70.9 Å². The summed E-state index contributed by atoms with van der Waals surface area (Å²) in [6.45, 7) is 9.70. The van der Waals surface area contributed by atoms with Gasteiger partial charge in [-0.05, 0) is 37.5 Å². The van der Waals surface area contributed by atoms with Crippen molar-refractivity contribution in [2.24, 2.45) is 23.3 Å². The summed E-state index contributed by atoms with van der Waals surface area (Å²) in [7, 11) is 4.47. The molecular weight excluding hydrogens is 861 g/mol. The topological polar surface area (TPSA) is 301 Å². The van der Waals surface area contributed by atoms with E-state index < -0.39 is 119 Å². The number of hydrogen-bond donors (Lipinski definition) is 8. The molecule has 60 heavy (non-hydrogen) atoms. The molecule has 0 aromatic carbocycles. The van der Waals surface area contributed by atoms with Crippen molar-refractivity contribution in [3.05, 3.63) is 0 Å². The van der Waals surface area contributed by atoms with Crippen LogP contribution in [0.15, 0.2) is 0 Å².